The normalized spacial score (nSPS) is 14.5. The second-order valence-corrected chi connectivity index (χ2v) is 13.5. The molecule has 0 aliphatic heterocycles. The molecule has 7 nitrogen and oxygen atoms in total. The predicted octanol–water partition coefficient (Wildman–Crippen LogP) is 6.10. The predicted molar refractivity (Wildman–Crippen MR) is 168 cm³/mol. The lowest BCUT2D eigenvalue weighted by Crippen LogP contribution is -2.52. The number of aryl methyl sites for hydroxylation is 2. The Labute approximate surface area is 251 Å². The van der Waals surface area contributed by atoms with Crippen molar-refractivity contribution in [1.29, 1.82) is 0 Å². The van der Waals surface area contributed by atoms with Crippen LogP contribution in [0.3, 0.4) is 0 Å². The highest BCUT2D eigenvalue weighted by Gasteiger charge is 2.33. The first-order valence-electron chi connectivity index (χ1n) is 14.8. The van der Waals surface area contributed by atoms with Crippen molar-refractivity contribution >= 4 is 27.5 Å². The van der Waals surface area contributed by atoms with Gasteiger partial charge in [-0.25, -0.2) is 8.42 Å². The summed E-state index contributed by atoms with van der Waals surface area (Å²) < 4.78 is 29.2. The van der Waals surface area contributed by atoms with Crippen LogP contribution in [0, 0.1) is 13.8 Å². The second kappa shape index (κ2) is 13.6. The highest BCUT2D eigenvalue weighted by atomic mass is 32.2. The van der Waals surface area contributed by atoms with Crippen molar-refractivity contribution in [3.05, 3.63) is 95.1 Å². The summed E-state index contributed by atoms with van der Waals surface area (Å²) in [5.41, 5.74) is 4.29. The van der Waals surface area contributed by atoms with Gasteiger partial charge >= 0.3 is 0 Å². The number of carbonyl (C=O) groups is 2. The maximum Gasteiger partial charge on any atom is 0.264 e. The lowest BCUT2D eigenvalue weighted by atomic mass is 10.0. The highest BCUT2D eigenvalue weighted by molar-refractivity contribution is 7.92. The largest absolute Gasteiger partial charge is 0.352 e. The Morgan fingerprint density at radius 3 is 2.10 bits per heavy atom. The topological polar surface area (TPSA) is 86.8 Å². The highest BCUT2D eigenvalue weighted by Crippen LogP contribution is 2.27. The zero-order valence-corrected chi connectivity index (χ0v) is 26.2. The van der Waals surface area contributed by atoms with Crippen LogP contribution in [-0.2, 0) is 26.2 Å². The van der Waals surface area contributed by atoms with E-state index in [9.17, 15) is 18.0 Å². The Balaban J connectivity index is 1.70. The van der Waals surface area contributed by atoms with Gasteiger partial charge in [-0.3, -0.25) is 13.9 Å². The van der Waals surface area contributed by atoms with Crippen LogP contribution in [-0.4, -0.2) is 43.8 Å². The molecule has 42 heavy (non-hydrogen) atoms. The Hall–Kier alpha value is -3.65. The first kappa shape index (κ1) is 31.3. The van der Waals surface area contributed by atoms with E-state index < -0.39 is 28.5 Å². The van der Waals surface area contributed by atoms with Gasteiger partial charge in [-0.1, -0.05) is 80.8 Å². The minimum absolute atomic E-state index is 0.103. The van der Waals surface area contributed by atoms with Gasteiger partial charge in [0.25, 0.3) is 10.0 Å². The van der Waals surface area contributed by atoms with Gasteiger partial charge in [0.1, 0.15) is 12.6 Å². The molecule has 4 rings (SSSR count). The van der Waals surface area contributed by atoms with Crippen LogP contribution in [0.4, 0.5) is 5.69 Å². The van der Waals surface area contributed by atoms with Crippen molar-refractivity contribution in [3.63, 3.8) is 0 Å². The third kappa shape index (κ3) is 7.40. The third-order valence-corrected chi connectivity index (χ3v) is 9.99. The van der Waals surface area contributed by atoms with Gasteiger partial charge in [-0.15, -0.1) is 0 Å². The molecule has 224 valence electrons. The lowest BCUT2D eigenvalue weighted by Gasteiger charge is -2.33. The molecule has 1 fully saturated rings. The minimum Gasteiger partial charge on any atom is -0.352 e. The third-order valence-electron chi connectivity index (χ3n) is 8.21. The van der Waals surface area contributed by atoms with Gasteiger partial charge < -0.3 is 10.2 Å². The summed E-state index contributed by atoms with van der Waals surface area (Å²) in [7, 11) is -4.09. The molecule has 1 saturated carbocycles. The molecule has 3 aromatic carbocycles. The van der Waals surface area contributed by atoms with Gasteiger partial charge in [-0.05, 0) is 80.5 Å². The molecule has 0 spiro atoms. The molecule has 0 bridgehead atoms. The molecule has 1 atom stereocenters. The molecule has 1 N–H and O–H groups in total. The van der Waals surface area contributed by atoms with Crippen molar-refractivity contribution in [1.82, 2.24) is 10.2 Å². The van der Waals surface area contributed by atoms with Crippen molar-refractivity contribution in [2.45, 2.75) is 89.7 Å². The maximum absolute atomic E-state index is 14.2. The summed E-state index contributed by atoms with van der Waals surface area (Å²) >= 11 is 0. The first-order valence-corrected chi connectivity index (χ1v) is 16.2. The first-order chi connectivity index (χ1) is 20.0. The Kier molecular flexibility index (Phi) is 10.1. The van der Waals surface area contributed by atoms with E-state index in [1.165, 1.54) is 4.90 Å². The van der Waals surface area contributed by atoms with Crippen molar-refractivity contribution in [2.75, 3.05) is 10.8 Å². The van der Waals surface area contributed by atoms with E-state index in [4.69, 9.17) is 0 Å². The van der Waals surface area contributed by atoms with Gasteiger partial charge in [0.15, 0.2) is 0 Å². The number of hydrogen-bond acceptors (Lipinski definition) is 4. The van der Waals surface area contributed by atoms with Crippen LogP contribution in [0.2, 0.25) is 0 Å². The smallest absolute Gasteiger partial charge is 0.264 e. The van der Waals surface area contributed by atoms with Crippen LogP contribution in [0.15, 0.2) is 77.7 Å². The van der Waals surface area contributed by atoms with Crippen molar-refractivity contribution in [3.8, 4) is 0 Å². The molecule has 0 radical (unpaired) electrons. The lowest BCUT2D eigenvalue weighted by molar-refractivity contribution is -0.139. The van der Waals surface area contributed by atoms with Crippen molar-refractivity contribution < 1.29 is 18.0 Å². The number of amides is 2. The molecule has 2 amide bonds. The number of hydrogen-bond donors (Lipinski definition) is 1. The number of carbonyl (C=O) groups excluding carboxylic acids is 2. The zero-order valence-electron chi connectivity index (χ0n) is 25.3. The van der Waals surface area contributed by atoms with E-state index in [0.717, 1.165) is 52.2 Å². The van der Waals surface area contributed by atoms with Gasteiger partial charge in [0.05, 0.1) is 10.6 Å². The average molecular weight is 590 g/mol. The fourth-order valence-electron chi connectivity index (χ4n) is 5.34. The molecule has 8 heteroatoms. The van der Waals surface area contributed by atoms with Crippen LogP contribution >= 0.6 is 0 Å². The number of nitrogens with zero attached hydrogens (tertiary/aromatic N) is 2. The number of nitrogens with one attached hydrogen (secondary N) is 1. The Morgan fingerprint density at radius 2 is 1.50 bits per heavy atom. The van der Waals surface area contributed by atoms with E-state index in [1.54, 1.807) is 43.3 Å². The summed E-state index contributed by atoms with van der Waals surface area (Å²) in [6.07, 6.45) is 4.01. The Morgan fingerprint density at radius 1 is 0.881 bits per heavy atom. The number of anilines is 1. The average Bonchev–Trinajstić information content (AvgIpc) is 3.48. The molecule has 3 aromatic rings. The number of rotatable bonds is 11. The van der Waals surface area contributed by atoms with E-state index >= 15 is 0 Å². The summed E-state index contributed by atoms with van der Waals surface area (Å²) in [6.45, 7) is 9.47. The summed E-state index contributed by atoms with van der Waals surface area (Å²) in [4.78, 5) is 29.2. The van der Waals surface area contributed by atoms with Crippen LogP contribution in [0.25, 0.3) is 0 Å². The molecular formula is C34H43N3O4S. The second-order valence-electron chi connectivity index (χ2n) is 11.7. The zero-order chi connectivity index (χ0) is 30.4. The van der Waals surface area contributed by atoms with E-state index in [2.05, 4.69) is 19.2 Å². The monoisotopic (exact) mass is 589 g/mol. The van der Waals surface area contributed by atoms with Gasteiger partial charge in [-0.2, -0.15) is 0 Å². The molecular weight excluding hydrogens is 546 g/mol. The Bertz CT molecular complexity index is 1480. The van der Waals surface area contributed by atoms with Crippen LogP contribution in [0.1, 0.15) is 74.6 Å². The molecule has 0 heterocycles. The van der Waals surface area contributed by atoms with E-state index in [-0.39, 0.29) is 29.3 Å². The van der Waals surface area contributed by atoms with Gasteiger partial charge in [0, 0.05) is 12.6 Å². The quantitative estimate of drug-likeness (QED) is 0.293. The number of benzene rings is 3. The minimum atomic E-state index is -4.09. The molecule has 1 aliphatic carbocycles. The van der Waals surface area contributed by atoms with E-state index in [0.29, 0.717) is 5.69 Å². The number of sulfonamides is 1. The standard InChI is InChI=1S/C34H43N3O4S/c1-24(2)28-16-18-31(19-17-28)37(42(40,41)32-20-14-25(3)15-21-32)23-33(38)36(22-29-11-7-6-10-26(29)4)27(5)34(39)35-30-12-8-9-13-30/h6-7,10-11,14-21,24,27,30H,8-9,12-13,22-23H2,1-5H3,(H,35,39). The fourth-order valence-corrected chi connectivity index (χ4v) is 6.75. The summed E-state index contributed by atoms with van der Waals surface area (Å²) in [6, 6.07) is 20.9. The molecule has 0 saturated heterocycles. The summed E-state index contributed by atoms with van der Waals surface area (Å²) in [5.74, 6) is -0.402. The molecule has 1 aliphatic rings. The van der Waals surface area contributed by atoms with Gasteiger partial charge in [0.2, 0.25) is 11.8 Å². The van der Waals surface area contributed by atoms with Crippen LogP contribution in [0.5, 0.6) is 0 Å². The maximum atomic E-state index is 14.2. The summed E-state index contributed by atoms with van der Waals surface area (Å²) in [5, 5.41) is 3.11. The van der Waals surface area contributed by atoms with Crippen LogP contribution < -0.4 is 9.62 Å². The molecule has 0 aromatic heterocycles. The van der Waals surface area contributed by atoms with E-state index in [1.807, 2.05) is 50.2 Å². The molecule has 1 unspecified atom stereocenters. The van der Waals surface area contributed by atoms with Crippen molar-refractivity contribution in [2.24, 2.45) is 0 Å². The fraction of sp³-hybridized carbons (Fsp3) is 0.412. The SMILES string of the molecule is Cc1ccc(S(=O)(=O)N(CC(=O)N(Cc2ccccc2C)C(C)C(=O)NC2CCCC2)c2ccc(C(C)C)cc2)cc1.